The molecule has 10 nitrogen and oxygen atoms in total. The summed E-state index contributed by atoms with van der Waals surface area (Å²) in [4.78, 5) is 48.0. The Kier molecular flexibility index (Phi) is 6.50. The predicted octanol–water partition coefficient (Wildman–Crippen LogP) is 2.53. The summed E-state index contributed by atoms with van der Waals surface area (Å²) in [6.45, 7) is 8.13. The molecule has 0 aromatic rings. The standard InChI is InChI=1S/C24H32O10/c1-12(25)29-18-17-16-15(7-10-24(34-14(3)27)9-6-8-23(4,5)11-24)19(28)31-20(16)32-21(17)33-22(18)30-13(2)26/h7,16-18,20-22H,6,8-11H2,1-5H3/b15-7+/t16-,17-,18-,20+,21+,22-,24+/m0/s1. The average Bonchev–Trinajstić information content (AvgIpc) is 3.26. The van der Waals surface area contributed by atoms with Gasteiger partial charge >= 0.3 is 23.9 Å². The largest absolute Gasteiger partial charge is 0.459 e. The van der Waals surface area contributed by atoms with Gasteiger partial charge in [-0.25, -0.2) is 4.79 Å². The van der Waals surface area contributed by atoms with Crippen LogP contribution in [0.5, 0.6) is 0 Å². The predicted molar refractivity (Wildman–Crippen MR) is 113 cm³/mol. The van der Waals surface area contributed by atoms with Gasteiger partial charge in [-0.05, 0) is 31.1 Å². The van der Waals surface area contributed by atoms with Crippen LogP contribution < -0.4 is 0 Å². The molecule has 3 aliphatic heterocycles. The fraction of sp³-hybridized carbons (Fsp3) is 0.750. The highest BCUT2D eigenvalue weighted by atomic mass is 16.8. The lowest BCUT2D eigenvalue weighted by Crippen LogP contribution is -2.42. The minimum atomic E-state index is -1.15. The zero-order chi connectivity index (χ0) is 24.8. The first-order chi connectivity index (χ1) is 15.9. The molecule has 0 aromatic carbocycles. The number of fused-ring (bicyclic) bond motifs is 3. The second-order valence-corrected chi connectivity index (χ2v) is 10.4. The number of ether oxygens (including phenoxy) is 6. The van der Waals surface area contributed by atoms with Crippen molar-refractivity contribution in [3.05, 3.63) is 11.6 Å². The SMILES string of the molecule is CC(=O)O[C@H]1O[C@H]2O[C@H]3OC(=O)/C(=C/C[C@]4(OC(C)=O)CCCC(C)(C)C4)[C@H]3[C@H]2[C@@H]1OC(C)=O. The highest BCUT2D eigenvalue weighted by molar-refractivity contribution is 5.91. The van der Waals surface area contributed by atoms with Crippen LogP contribution in [0.4, 0.5) is 0 Å². The van der Waals surface area contributed by atoms with Gasteiger partial charge in [0.1, 0.15) is 5.60 Å². The molecule has 7 atom stereocenters. The van der Waals surface area contributed by atoms with Gasteiger partial charge in [0.2, 0.25) is 12.6 Å². The Hall–Kier alpha value is -2.46. The van der Waals surface area contributed by atoms with E-state index >= 15 is 0 Å². The maximum atomic E-state index is 12.8. The molecular formula is C24H32O10. The lowest BCUT2D eigenvalue weighted by Gasteiger charge is -2.44. The monoisotopic (exact) mass is 480 g/mol. The highest BCUT2D eigenvalue weighted by Crippen LogP contribution is 2.52. The first-order valence-corrected chi connectivity index (χ1v) is 11.7. The second kappa shape index (κ2) is 8.96. The van der Waals surface area contributed by atoms with Crippen molar-refractivity contribution in [1.82, 2.24) is 0 Å². The Labute approximate surface area is 198 Å². The van der Waals surface area contributed by atoms with Crippen LogP contribution in [0.1, 0.15) is 66.7 Å². The molecule has 0 unspecified atom stereocenters. The maximum absolute atomic E-state index is 12.8. The van der Waals surface area contributed by atoms with Crippen LogP contribution in [0.3, 0.4) is 0 Å². The van der Waals surface area contributed by atoms with Gasteiger partial charge in [0.25, 0.3) is 0 Å². The molecule has 0 bridgehead atoms. The first kappa shape index (κ1) is 24.7. The molecule has 0 spiro atoms. The fourth-order valence-corrected chi connectivity index (χ4v) is 5.94. The Morgan fingerprint density at radius 3 is 2.32 bits per heavy atom. The molecule has 10 heteroatoms. The van der Waals surface area contributed by atoms with E-state index in [1.54, 1.807) is 6.08 Å². The van der Waals surface area contributed by atoms with Crippen LogP contribution >= 0.6 is 0 Å². The van der Waals surface area contributed by atoms with Crippen LogP contribution in [-0.4, -0.2) is 54.5 Å². The molecule has 4 fully saturated rings. The summed E-state index contributed by atoms with van der Waals surface area (Å²) >= 11 is 0. The van der Waals surface area contributed by atoms with Crippen molar-refractivity contribution in [3.8, 4) is 0 Å². The van der Waals surface area contributed by atoms with Gasteiger partial charge in [-0.3, -0.25) is 14.4 Å². The molecule has 0 aromatic heterocycles. The Morgan fingerprint density at radius 2 is 1.71 bits per heavy atom. The molecule has 4 aliphatic rings. The van der Waals surface area contributed by atoms with E-state index in [2.05, 4.69) is 13.8 Å². The van der Waals surface area contributed by atoms with Gasteiger partial charge < -0.3 is 28.4 Å². The van der Waals surface area contributed by atoms with Gasteiger partial charge in [-0.2, -0.15) is 0 Å². The summed E-state index contributed by atoms with van der Waals surface area (Å²) in [6.07, 6.45) is 1.49. The van der Waals surface area contributed by atoms with E-state index in [0.717, 1.165) is 12.8 Å². The van der Waals surface area contributed by atoms with E-state index in [-0.39, 0.29) is 11.4 Å². The fourth-order valence-electron chi connectivity index (χ4n) is 5.94. The van der Waals surface area contributed by atoms with Gasteiger partial charge in [-0.15, -0.1) is 0 Å². The third kappa shape index (κ3) is 4.84. The zero-order valence-corrected chi connectivity index (χ0v) is 20.2. The third-order valence-electron chi connectivity index (χ3n) is 6.95. The van der Waals surface area contributed by atoms with E-state index < -0.39 is 60.3 Å². The van der Waals surface area contributed by atoms with Gasteiger partial charge in [0, 0.05) is 32.8 Å². The molecule has 0 amide bonds. The van der Waals surface area contributed by atoms with E-state index in [9.17, 15) is 19.2 Å². The van der Waals surface area contributed by atoms with E-state index in [1.807, 2.05) is 0 Å². The summed E-state index contributed by atoms with van der Waals surface area (Å²) in [7, 11) is 0. The topological polar surface area (TPSA) is 124 Å². The normalized spacial score (nSPS) is 39.2. The average molecular weight is 481 g/mol. The van der Waals surface area contributed by atoms with Gasteiger partial charge in [0.05, 0.1) is 11.8 Å². The van der Waals surface area contributed by atoms with Crippen LogP contribution in [-0.2, 0) is 47.6 Å². The highest BCUT2D eigenvalue weighted by Gasteiger charge is 2.64. The van der Waals surface area contributed by atoms with Crippen LogP contribution in [0, 0.1) is 17.3 Å². The molecule has 0 N–H and O–H groups in total. The number of hydrogen-bond donors (Lipinski definition) is 0. The molecule has 1 aliphatic carbocycles. The minimum Gasteiger partial charge on any atom is -0.459 e. The van der Waals surface area contributed by atoms with Crippen molar-refractivity contribution in [2.24, 2.45) is 17.3 Å². The number of carbonyl (C=O) groups is 4. The molecular weight excluding hydrogens is 448 g/mol. The number of esters is 4. The lowest BCUT2D eigenvalue weighted by atomic mass is 9.68. The summed E-state index contributed by atoms with van der Waals surface area (Å²) in [5.74, 6) is -3.29. The molecule has 3 saturated heterocycles. The van der Waals surface area contributed by atoms with Crippen molar-refractivity contribution >= 4 is 23.9 Å². The first-order valence-electron chi connectivity index (χ1n) is 11.7. The van der Waals surface area contributed by atoms with Crippen molar-refractivity contribution in [2.45, 2.75) is 97.3 Å². The van der Waals surface area contributed by atoms with E-state index in [1.165, 1.54) is 20.8 Å². The number of carbonyl (C=O) groups excluding carboxylic acids is 4. The Morgan fingerprint density at radius 1 is 1.00 bits per heavy atom. The zero-order valence-electron chi connectivity index (χ0n) is 20.2. The van der Waals surface area contributed by atoms with Crippen LogP contribution in [0.2, 0.25) is 0 Å². The number of hydrogen-bond acceptors (Lipinski definition) is 10. The quantitative estimate of drug-likeness (QED) is 0.329. The molecule has 0 radical (unpaired) electrons. The van der Waals surface area contributed by atoms with Crippen molar-refractivity contribution in [1.29, 1.82) is 0 Å². The van der Waals surface area contributed by atoms with Gasteiger partial charge in [-0.1, -0.05) is 19.9 Å². The molecule has 34 heavy (non-hydrogen) atoms. The Balaban J connectivity index is 1.62. The van der Waals surface area contributed by atoms with Crippen molar-refractivity contribution in [2.75, 3.05) is 0 Å². The van der Waals surface area contributed by atoms with Crippen LogP contribution in [0.15, 0.2) is 11.6 Å². The lowest BCUT2D eigenvalue weighted by molar-refractivity contribution is -0.244. The Bertz CT molecular complexity index is 907. The smallest absolute Gasteiger partial charge is 0.336 e. The summed E-state index contributed by atoms with van der Waals surface area (Å²) in [5.41, 5.74) is -0.375. The molecule has 3 heterocycles. The summed E-state index contributed by atoms with van der Waals surface area (Å²) in [5, 5.41) is 0. The summed E-state index contributed by atoms with van der Waals surface area (Å²) < 4.78 is 33.4. The molecule has 188 valence electrons. The summed E-state index contributed by atoms with van der Waals surface area (Å²) in [6, 6.07) is 0. The van der Waals surface area contributed by atoms with E-state index in [4.69, 9.17) is 28.4 Å². The second-order valence-electron chi connectivity index (χ2n) is 10.4. The van der Waals surface area contributed by atoms with E-state index in [0.29, 0.717) is 24.8 Å². The molecule has 4 rings (SSSR count). The molecule has 1 saturated carbocycles. The van der Waals surface area contributed by atoms with Gasteiger partial charge in [0.15, 0.2) is 12.4 Å². The van der Waals surface area contributed by atoms with Crippen molar-refractivity contribution < 1.29 is 47.6 Å². The van der Waals surface area contributed by atoms with Crippen LogP contribution in [0.25, 0.3) is 0 Å². The van der Waals surface area contributed by atoms with Crippen molar-refractivity contribution in [3.63, 3.8) is 0 Å². The number of rotatable bonds is 5. The maximum Gasteiger partial charge on any atom is 0.336 e. The minimum absolute atomic E-state index is 0.0105. The third-order valence-corrected chi connectivity index (χ3v) is 6.95.